The maximum Gasteiger partial charge on any atom is 0.142 e. The molecule has 94 valence electrons. The first kappa shape index (κ1) is 12.4. The topological polar surface area (TPSA) is 27.6 Å². The first-order valence-corrected chi connectivity index (χ1v) is 6.34. The lowest BCUT2D eigenvalue weighted by Gasteiger charge is -2.33. The van der Waals surface area contributed by atoms with Crippen molar-refractivity contribution in [2.24, 2.45) is 16.3 Å². The van der Waals surface area contributed by atoms with Gasteiger partial charge in [-0.25, -0.2) is 5.43 Å². The number of amidine groups is 1. The standard InChI is InChI=1S/C14H23N3/c1-11(2)14(5)7-6-12-16-13(3,4)10-15-17(12)9-8-14/h6-9,11,15H,10H2,1-5H3. The van der Waals surface area contributed by atoms with Gasteiger partial charge in [0.15, 0.2) is 0 Å². The van der Waals surface area contributed by atoms with Crippen LogP contribution in [0.2, 0.25) is 0 Å². The van der Waals surface area contributed by atoms with Crippen LogP contribution < -0.4 is 5.43 Å². The Kier molecular flexibility index (Phi) is 2.90. The fourth-order valence-corrected chi connectivity index (χ4v) is 1.94. The van der Waals surface area contributed by atoms with Crippen molar-refractivity contribution in [3.63, 3.8) is 0 Å². The normalized spacial score (nSPS) is 31.2. The van der Waals surface area contributed by atoms with Gasteiger partial charge in [-0.05, 0) is 25.8 Å². The van der Waals surface area contributed by atoms with Crippen LogP contribution >= 0.6 is 0 Å². The SMILES string of the molecule is CC(C)C1(C)C=CC2=NC(C)(C)CNN2C=C1. The minimum absolute atomic E-state index is 0.0252. The van der Waals surface area contributed by atoms with Gasteiger partial charge in [-0.2, -0.15) is 0 Å². The zero-order valence-electron chi connectivity index (χ0n) is 11.5. The number of aliphatic imine (C=N–C) groups is 1. The number of nitrogens with zero attached hydrogens (tertiary/aromatic N) is 2. The molecule has 3 nitrogen and oxygen atoms in total. The van der Waals surface area contributed by atoms with E-state index in [1.165, 1.54) is 0 Å². The predicted octanol–water partition coefficient (Wildman–Crippen LogP) is 2.73. The molecule has 0 bridgehead atoms. The third-order valence-electron chi connectivity index (χ3n) is 3.76. The summed E-state index contributed by atoms with van der Waals surface area (Å²) >= 11 is 0. The number of hydrogen-bond donors (Lipinski definition) is 1. The Labute approximate surface area is 104 Å². The Morgan fingerprint density at radius 2 is 2.00 bits per heavy atom. The van der Waals surface area contributed by atoms with Crippen LogP contribution in [0.1, 0.15) is 34.6 Å². The Balaban J connectivity index is 2.35. The second-order valence-electron chi connectivity index (χ2n) is 6.16. The Morgan fingerprint density at radius 1 is 1.29 bits per heavy atom. The van der Waals surface area contributed by atoms with Crippen molar-refractivity contribution in [2.75, 3.05) is 6.54 Å². The summed E-state index contributed by atoms with van der Waals surface area (Å²) in [4.78, 5) is 4.76. The lowest BCUT2D eigenvalue weighted by Crippen LogP contribution is -2.50. The quantitative estimate of drug-likeness (QED) is 0.754. The highest BCUT2D eigenvalue weighted by Gasteiger charge is 2.29. The van der Waals surface area contributed by atoms with Crippen molar-refractivity contribution in [3.05, 3.63) is 24.4 Å². The highest BCUT2D eigenvalue weighted by atomic mass is 15.5. The zero-order chi connectivity index (χ0) is 12.7. The van der Waals surface area contributed by atoms with Gasteiger partial charge < -0.3 is 0 Å². The Bertz CT molecular complexity index is 390. The molecule has 0 spiro atoms. The molecule has 2 rings (SSSR count). The van der Waals surface area contributed by atoms with Crippen LogP contribution in [-0.4, -0.2) is 22.9 Å². The summed E-state index contributed by atoms with van der Waals surface area (Å²) in [6.45, 7) is 11.9. The van der Waals surface area contributed by atoms with Crippen LogP contribution in [-0.2, 0) is 0 Å². The van der Waals surface area contributed by atoms with E-state index in [9.17, 15) is 0 Å². The summed E-state index contributed by atoms with van der Waals surface area (Å²) in [5, 5.41) is 2.02. The van der Waals surface area contributed by atoms with Crippen molar-refractivity contribution in [3.8, 4) is 0 Å². The Morgan fingerprint density at radius 3 is 2.65 bits per heavy atom. The molecule has 2 heterocycles. The van der Waals surface area contributed by atoms with Gasteiger partial charge in [-0.15, -0.1) is 0 Å². The number of allylic oxidation sites excluding steroid dienone is 2. The van der Waals surface area contributed by atoms with E-state index in [0.29, 0.717) is 5.92 Å². The summed E-state index contributed by atoms with van der Waals surface area (Å²) in [5.41, 5.74) is 3.47. The molecule has 2 aliphatic heterocycles. The molecule has 0 aromatic heterocycles. The van der Waals surface area contributed by atoms with E-state index in [1.54, 1.807) is 0 Å². The van der Waals surface area contributed by atoms with Crippen LogP contribution in [0.25, 0.3) is 0 Å². The van der Waals surface area contributed by atoms with E-state index in [1.807, 2.05) is 5.01 Å². The average molecular weight is 233 g/mol. The van der Waals surface area contributed by atoms with E-state index in [4.69, 9.17) is 4.99 Å². The first-order valence-electron chi connectivity index (χ1n) is 6.34. The second kappa shape index (κ2) is 3.98. The van der Waals surface area contributed by atoms with Gasteiger partial charge in [-0.1, -0.05) is 32.9 Å². The fourth-order valence-electron chi connectivity index (χ4n) is 1.94. The maximum absolute atomic E-state index is 4.76. The zero-order valence-corrected chi connectivity index (χ0v) is 11.5. The average Bonchev–Trinajstić information content (AvgIpc) is 2.38. The molecular formula is C14H23N3. The minimum Gasteiger partial charge on any atom is -0.268 e. The maximum atomic E-state index is 4.76. The minimum atomic E-state index is -0.0252. The molecule has 0 saturated heterocycles. The number of fused-ring (bicyclic) bond motifs is 1. The molecule has 0 aliphatic carbocycles. The van der Waals surface area contributed by atoms with Gasteiger partial charge in [0.05, 0.1) is 5.54 Å². The van der Waals surface area contributed by atoms with E-state index < -0.39 is 0 Å². The largest absolute Gasteiger partial charge is 0.268 e. The van der Waals surface area contributed by atoms with Crippen LogP contribution in [0.15, 0.2) is 29.4 Å². The van der Waals surface area contributed by atoms with Crippen LogP contribution in [0.5, 0.6) is 0 Å². The first-order chi connectivity index (χ1) is 7.82. The van der Waals surface area contributed by atoms with Gasteiger partial charge in [0.25, 0.3) is 0 Å². The number of nitrogens with one attached hydrogen (secondary N) is 1. The highest BCUT2D eigenvalue weighted by Crippen LogP contribution is 2.32. The molecule has 1 N–H and O–H groups in total. The van der Waals surface area contributed by atoms with Crippen molar-refractivity contribution in [1.29, 1.82) is 0 Å². The van der Waals surface area contributed by atoms with Gasteiger partial charge in [0.1, 0.15) is 5.84 Å². The van der Waals surface area contributed by atoms with Gasteiger partial charge in [-0.3, -0.25) is 10.0 Å². The smallest absolute Gasteiger partial charge is 0.142 e. The fraction of sp³-hybridized carbons (Fsp3) is 0.643. The summed E-state index contributed by atoms with van der Waals surface area (Å²) in [5.74, 6) is 1.58. The molecule has 0 aromatic rings. The van der Waals surface area contributed by atoms with Crippen LogP contribution in [0.4, 0.5) is 0 Å². The molecule has 1 atom stereocenters. The van der Waals surface area contributed by atoms with Crippen LogP contribution in [0, 0.1) is 11.3 Å². The molecule has 1 unspecified atom stereocenters. The van der Waals surface area contributed by atoms with Gasteiger partial charge >= 0.3 is 0 Å². The molecule has 0 amide bonds. The molecule has 0 radical (unpaired) electrons. The summed E-state index contributed by atoms with van der Waals surface area (Å²) in [6, 6.07) is 0. The molecular weight excluding hydrogens is 210 g/mol. The number of hydrogen-bond acceptors (Lipinski definition) is 3. The molecule has 0 saturated carbocycles. The predicted molar refractivity (Wildman–Crippen MR) is 72.6 cm³/mol. The van der Waals surface area contributed by atoms with Crippen molar-refractivity contribution in [2.45, 2.75) is 40.2 Å². The van der Waals surface area contributed by atoms with Gasteiger partial charge in [0.2, 0.25) is 0 Å². The third-order valence-corrected chi connectivity index (χ3v) is 3.76. The molecule has 2 aliphatic rings. The van der Waals surface area contributed by atoms with Crippen molar-refractivity contribution in [1.82, 2.24) is 10.4 Å². The van der Waals surface area contributed by atoms with E-state index in [2.05, 4.69) is 64.5 Å². The Hall–Kier alpha value is -1.09. The van der Waals surface area contributed by atoms with E-state index >= 15 is 0 Å². The lowest BCUT2D eigenvalue weighted by molar-refractivity contribution is 0.307. The van der Waals surface area contributed by atoms with Crippen molar-refractivity contribution >= 4 is 5.84 Å². The second-order valence-corrected chi connectivity index (χ2v) is 6.16. The summed E-state index contributed by atoms with van der Waals surface area (Å²) in [7, 11) is 0. The number of rotatable bonds is 1. The van der Waals surface area contributed by atoms with E-state index in [-0.39, 0.29) is 11.0 Å². The lowest BCUT2D eigenvalue weighted by atomic mass is 9.79. The third kappa shape index (κ3) is 2.44. The summed E-state index contributed by atoms with van der Waals surface area (Å²) in [6.07, 6.45) is 8.75. The molecule has 3 heteroatoms. The van der Waals surface area contributed by atoms with Crippen molar-refractivity contribution < 1.29 is 0 Å². The monoisotopic (exact) mass is 233 g/mol. The molecule has 17 heavy (non-hydrogen) atoms. The molecule has 0 fully saturated rings. The summed E-state index contributed by atoms with van der Waals surface area (Å²) < 4.78 is 0. The van der Waals surface area contributed by atoms with Gasteiger partial charge in [0, 0.05) is 18.2 Å². The highest BCUT2D eigenvalue weighted by molar-refractivity contribution is 5.94. The van der Waals surface area contributed by atoms with Crippen LogP contribution in [0.3, 0.4) is 0 Å². The molecule has 0 aromatic carbocycles. The number of hydrazine groups is 1. The van der Waals surface area contributed by atoms with E-state index in [0.717, 1.165) is 12.4 Å².